The Morgan fingerprint density at radius 1 is 1.40 bits per heavy atom. The van der Waals surface area contributed by atoms with Crippen LogP contribution >= 0.6 is 11.8 Å². The number of carbonyl (C=O) groups is 1. The van der Waals surface area contributed by atoms with E-state index in [4.69, 9.17) is 9.84 Å². The lowest BCUT2D eigenvalue weighted by atomic mass is 9.91. The van der Waals surface area contributed by atoms with Gasteiger partial charge in [0.05, 0.1) is 6.61 Å². The number of rotatable bonds is 2. The van der Waals surface area contributed by atoms with Crippen molar-refractivity contribution < 1.29 is 14.6 Å². The van der Waals surface area contributed by atoms with E-state index in [1.54, 1.807) is 4.90 Å². The second kappa shape index (κ2) is 4.61. The molecule has 0 aromatic rings. The molecule has 2 rings (SSSR count). The zero-order valence-electron chi connectivity index (χ0n) is 8.78. The molecule has 4 nitrogen and oxygen atoms in total. The van der Waals surface area contributed by atoms with E-state index >= 15 is 0 Å². The summed E-state index contributed by atoms with van der Waals surface area (Å²) in [6.07, 6.45) is 2.63. The Balaban J connectivity index is 1.94. The first-order valence-corrected chi connectivity index (χ1v) is 6.58. The Morgan fingerprint density at radius 3 is 2.73 bits per heavy atom. The van der Waals surface area contributed by atoms with Gasteiger partial charge in [-0.05, 0) is 24.3 Å². The first kappa shape index (κ1) is 11.1. The molecule has 1 amide bonds. The second-order valence-corrected chi connectivity index (χ2v) is 5.35. The summed E-state index contributed by atoms with van der Waals surface area (Å²) in [4.78, 5) is 13.2. The highest BCUT2D eigenvalue weighted by Gasteiger charge is 2.41. The van der Waals surface area contributed by atoms with Crippen LogP contribution in [0.5, 0.6) is 0 Å². The third-order valence-corrected chi connectivity index (χ3v) is 4.16. The molecule has 1 spiro atoms. The molecule has 0 unspecified atom stereocenters. The molecule has 2 heterocycles. The molecule has 0 bridgehead atoms. The molecule has 2 aliphatic heterocycles. The molecule has 0 radical (unpaired) electrons. The number of hydrogen-bond donors (Lipinski definition) is 1. The Bertz CT molecular complexity index is 241. The third-order valence-electron chi connectivity index (χ3n) is 3.17. The van der Waals surface area contributed by atoms with Gasteiger partial charge in [0, 0.05) is 19.5 Å². The van der Waals surface area contributed by atoms with Crippen LogP contribution in [0.25, 0.3) is 0 Å². The minimum atomic E-state index is -0.248. The number of hydrogen-bond acceptors (Lipinski definition) is 4. The minimum absolute atomic E-state index is 0.0119. The van der Waals surface area contributed by atoms with Crippen LogP contribution in [0.1, 0.15) is 19.3 Å². The summed E-state index contributed by atoms with van der Waals surface area (Å²) in [5, 5.41) is 8.79. The lowest BCUT2D eigenvalue weighted by Crippen LogP contribution is -2.51. The van der Waals surface area contributed by atoms with Gasteiger partial charge in [0.2, 0.25) is 0 Å². The Kier molecular flexibility index (Phi) is 3.41. The summed E-state index contributed by atoms with van der Waals surface area (Å²) in [7, 11) is 0. The maximum atomic E-state index is 11.6. The van der Waals surface area contributed by atoms with E-state index in [1.165, 1.54) is 0 Å². The average Bonchev–Trinajstić information content (AvgIpc) is 2.24. The van der Waals surface area contributed by atoms with Crippen molar-refractivity contribution in [1.29, 1.82) is 0 Å². The van der Waals surface area contributed by atoms with Crippen LogP contribution < -0.4 is 0 Å². The van der Waals surface area contributed by atoms with Crippen LogP contribution in [-0.2, 0) is 4.74 Å². The zero-order chi connectivity index (χ0) is 10.7. The average molecular weight is 231 g/mol. The van der Waals surface area contributed by atoms with Crippen LogP contribution in [0, 0.1) is 0 Å². The summed E-state index contributed by atoms with van der Waals surface area (Å²) < 4.78 is 5.54. The van der Waals surface area contributed by atoms with E-state index in [2.05, 4.69) is 0 Å². The van der Waals surface area contributed by atoms with E-state index in [1.807, 2.05) is 11.8 Å². The van der Waals surface area contributed by atoms with E-state index in [9.17, 15) is 4.79 Å². The summed E-state index contributed by atoms with van der Waals surface area (Å²) >= 11 is 1.93. The fourth-order valence-electron chi connectivity index (χ4n) is 2.15. The van der Waals surface area contributed by atoms with E-state index < -0.39 is 0 Å². The fourth-order valence-corrected chi connectivity index (χ4v) is 3.39. The Hall–Kier alpha value is -0.420. The van der Waals surface area contributed by atoms with Gasteiger partial charge in [-0.1, -0.05) is 0 Å². The van der Waals surface area contributed by atoms with Crippen LogP contribution in [0.15, 0.2) is 0 Å². The van der Waals surface area contributed by atoms with Gasteiger partial charge >= 0.3 is 6.09 Å². The summed E-state index contributed by atoms with van der Waals surface area (Å²) in [5.74, 6) is 2.18. The highest BCUT2D eigenvalue weighted by atomic mass is 32.2. The number of ether oxygens (including phenoxy) is 1. The molecular formula is C10H17NO3S. The molecule has 86 valence electrons. The van der Waals surface area contributed by atoms with Crippen molar-refractivity contribution in [2.45, 2.75) is 24.9 Å². The molecular weight excluding hydrogens is 214 g/mol. The molecule has 2 saturated heterocycles. The largest absolute Gasteiger partial charge is 0.443 e. The van der Waals surface area contributed by atoms with Crippen molar-refractivity contribution in [3.05, 3.63) is 0 Å². The van der Waals surface area contributed by atoms with Crippen molar-refractivity contribution in [2.75, 3.05) is 31.2 Å². The maximum Gasteiger partial charge on any atom is 0.410 e. The van der Waals surface area contributed by atoms with E-state index in [0.29, 0.717) is 6.54 Å². The third kappa shape index (κ3) is 2.39. The van der Waals surface area contributed by atoms with Gasteiger partial charge in [-0.3, -0.25) is 0 Å². The number of thioether (sulfide) groups is 1. The number of amides is 1. The van der Waals surface area contributed by atoms with Crippen molar-refractivity contribution in [3.63, 3.8) is 0 Å². The van der Waals surface area contributed by atoms with E-state index in [0.717, 1.165) is 37.3 Å². The molecule has 15 heavy (non-hydrogen) atoms. The van der Waals surface area contributed by atoms with Crippen LogP contribution in [0.2, 0.25) is 0 Å². The van der Waals surface area contributed by atoms with E-state index in [-0.39, 0.29) is 18.3 Å². The molecule has 0 saturated carbocycles. The van der Waals surface area contributed by atoms with Crippen molar-refractivity contribution in [3.8, 4) is 0 Å². The van der Waals surface area contributed by atoms with Gasteiger partial charge in [-0.2, -0.15) is 11.8 Å². The Morgan fingerprint density at radius 2 is 2.13 bits per heavy atom. The summed E-state index contributed by atoms with van der Waals surface area (Å²) in [6.45, 7) is 1.13. The monoisotopic (exact) mass is 231 g/mol. The minimum Gasteiger partial charge on any atom is -0.443 e. The molecule has 5 heteroatoms. The van der Waals surface area contributed by atoms with Gasteiger partial charge in [-0.25, -0.2) is 4.79 Å². The Labute approximate surface area is 94.0 Å². The van der Waals surface area contributed by atoms with Crippen LogP contribution in [-0.4, -0.2) is 52.9 Å². The lowest BCUT2D eigenvalue weighted by Gasteiger charge is -2.43. The molecule has 2 fully saturated rings. The molecule has 0 aromatic carbocycles. The van der Waals surface area contributed by atoms with Gasteiger partial charge in [0.1, 0.15) is 5.60 Å². The first-order valence-electron chi connectivity index (χ1n) is 5.42. The van der Waals surface area contributed by atoms with Gasteiger partial charge in [0.25, 0.3) is 0 Å². The predicted molar refractivity (Wildman–Crippen MR) is 59.0 cm³/mol. The number of nitrogens with zero attached hydrogens (tertiary/aromatic N) is 1. The topological polar surface area (TPSA) is 49.8 Å². The molecule has 0 aromatic heterocycles. The molecule has 0 atom stereocenters. The quantitative estimate of drug-likeness (QED) is 0.773. The highest BCUT2D eigenvalue weighted by molar-refractivity contribution is 7.99. The summed E-state index contributed by atoms with van der Waals surface area (Å²) in [6, 6.07) is 0. The summed E-state index contributed by atoms with van der Waals surface area (Å²) in [5.41, 5.74) is -0.186. The number of aliphatic hydroxyl groups excluding tert-OH is 1. The highest BCUT2D eigenvalue weighted by Crippen LogP contribution is 2.36. The normalized spacial score (nSPS) is 25.4. The first-order chi connectivity index (χ1) is 7.26. The fraction of sp³-hybridized carbons (Fsp3) is 0.900. The lowest BCUT2D eigenvalue weighted by molar-refractivity contribution is -0.0550. The van der Waals surface area contributed by atoms with Gasteiger partial charge in [-0.15, -0.1) is 0 Å². The smallest absolute Gasteiger partial charge is 0.410 e. The van der Waals surface area contributed by atoms with Gasteiger partial charge in [0.15, 0.2) is 0 Å². The SMILES string of the molecule is O=C1OC2(CCSCC2)CCN1CCO. The number of β-amino-alcohol motifs (C(OH)–C–C–N with tert-alkyl or cyclic N) is 1. The van der Waals surface area contributed by atoms with Crippen LogP contribution in [0.4, 0.5) is 4.79 Å². The van der Waals surface area contributed by atoms with Crippen molar-refractivity contribution in [2.24, 2.45) is 0 Å². The van der Waals surface area contributed by atoms with Crippen molar-refractivity contribution in [1.82, 2.24) is 4.90 Å². The number of carbonyl (C=O) groups excluding carboxylic acids is 1. The maximum absolute atomic E-state index is 11.6. The van der Waals surface area contributed by atoms with Crippen LogP contribution in [0.3, 0.4) is 0 Å². The standard InChI is InChI=1S/C10H17NO3S/c12-6-5-11-4-1-10(14-9(11)13)2-7-15-8-3-10/h12H,1-8H2. The molecule has 1 N–H and O–H groups in total. The predicted octanol–water partition coefficient (Wildman–Crippen LogP) is 1.09. The molecule has 0 aliphatic carbocycles. The van der Waals surface area contributed by atoms with Crippen molar-refractivity contribution >= 4 is 17.9 Å². The second-order valence-electron chi connectivity index (χ2n) is 4.12. The van der Waals surface area contributed by atoms with Gasteiger partial charge < -0.3 is 14.7 Å². The zero-order valence-corrected chi connectivity index (χ0v) is 9.59. The molecule has 2 aliphatic rings. The number of aliphatic hydroxyl groups is 1.